The number of carbonyl (C=O) groups is 2. The highest BCUT2D eigenvalue weighted by atomic mass is 28.4. The third kappa shape index (κ3) is 4.82. The average Bonchev–Trinajstić information content (AvgIpc) is 2.90. The predicted molar refractivity (Wildman–Crippen MR) is 88.7 cm³/mol. The summed E-state index contributed by atoms with van der Waals surface area (Å²) in [5.41, 5.74) is 8.39. The first kappa shape index (κ1) is 19.2. The molecule has 0 amide bonds. The molecule has 0 aromatic carbocycles. The molecule has 0 aliphatic carbocycles. The van der Waals surface area contributed by atoms with Gasteiger partial charge in [0.1, 0.15) is 11.9 Å². The Hall–Kier alpha value is -1.82. The second-order valence-corrected chi connectivity index (χ2v) is 11.8. The molecule has 1 aromatic rings. The van der Waals surface area contributed by atoms with Crippen LogP contribution in [-0.2, 0) is 14.0 Å². The Balaban J connectivity index is 3.07. The van der Waals surface area contributed by atoms with Gasteiger partial charge >= 0.3 is 5.71 Å². The number of furan rings is 1. The lowest BCUT2D eigenvalue weighted by atomic mass is 10.1. The predicted octanol–water partition coefficient (Wildman–Crippen LogP) is 3.56. The minimum Gasteiger partial charge on any atom is -0.467 e. The second kappa shape index (κ2) is 7.17. The van der Waals surface area contributed by atoms with E-state index in [4.69, 9.17) is 14.4 Å². The smallest absolute Gasteiger partial charge is 0.399 e. The second-order valence-electron chi connectivity index (χ2n) is 7.01. The van der Waals surface area contributed by atoms with Crippen molar-refractivity contribution in [3.63, 3.8) is 0 Å². The first-order chi connectivity index (χ1) is 10.5. The van der Waals surface area contributed by atoms with E-state index in [9.17, 15) is 9.59 Å². The molecule has 7 heteroatoms. The fourth-order valence-corrected chi connectivity index (χ4v) is 3.06. The maximum atomic E-state index is 12.2. The minimum atomic E-state index is -2.16. The molecular formula is C16H24N2O4Si. The van der Waals surface area contributed by atoms with E-state index in [0.29, 0.717) is 5.76 Å². The lowest BCUT2D eigenvalue weighted by Gasteiger charge is -2.38. The molecule has 0 aliphatic rings. The van der Waals surface area contributed by atoms with E-state index in [0.717, 1.165) is 0 Å². The Kier molecular flexibility index (Phi) is 5.99. The number of ketones is 2. The first-order valence-electron chi connectivity index (χ1n) is 7.47. The van der Waals surface area contributed by atoms with Gasteiger partial charge < -0.3 is 14.4 Å². The summed E-state index contributed by atoms with van der Waals surface area (Å²) in [4.78, 5) is 26.4. The van der Waals surface area contributed by atoms with E-state index in [1.54, 1.807) is 12.1 Å². The molecule has 0 N–H and O–H groups in total. The number of Topliss-reactive ketones (excluding diaryl/α,β-unsaturated/α-hetero) is 2. The summed E-state index contributed by atoms with van der Waals surface area (Å²) in [6.07, 6.45) is 0.779. The fraction of sp³-hybridized carbons (Fsp3) is 0.562. The number of rotatable bonds is 7. The van der Waals surface area contributed by atoms with Gasteiger partial charge in [-0.15, -0.1) is 0 Å². The molecular weight excluding hydrogens is 312 g/mol. The van der Waals surface area contributed by atoms with E-state index < -0.39 is 31.7 Å². The Morgan fingerprint density at radius 3 is 2.39 bits per heavy atom. The largest absolute Gasteiger partial charge is 0.467 e. The SMILES string of the molecule is CC(=O)C(=[N+]=[N-])C(=O)CC(O[Si](C)(C)C(C)(C)C)c1ccco1. The third-order valence-corrected chi connectivity index (χ3v) is 8.66. The summed E-state index contributed by atoms with van der Waals surface area (Å²) < 4.78 is 11.7. The molecule has 0 spiro atoms. The van der Waals surface area contributed by atoms with Crippen LogP contribution in [0.5, 0.6) is 0 Å². The van der Waals surface area contributed by atoms with Crippen LogP contribution in [0.3, 0.4) is 0 Å². The summed E-state index contributed by atoms with van der Waals surface area (Å²) in [6, 6.07) is 3.45. The van der Waals surface area contributed by atoms with Crippen molar-refractivity contribution in [3.05, 3.63) is 29.7 Å². The van der Waals surface area contributed by atoms with Crippen molar-refractivity contribution in [2.24, 2.45) is 0 Å². The van der Waals surface area contributed by atoms with E-state index >= 15 is 0 Å². The zero-order valence-electron chi connectivity index (χ0n) is 14.5. The highest BCUT2D eigenvalue weighted by Gasteiger charge is 2.41. The highest BCUT2D eigenvalue weighted by molar-refractivity contribution is 6.74. The average molecular weight is 336 g/mol. The summed E-state index contributed by atoms with van der Waals surface area (Å²) >= 11 is 0. The summed E-state index contributed by atoms with van der Waals surface area (Å²) in [5.74, 6) is -0.632. The van der Waals surface area contributed by atoms with Crippen LogP contribution in [-0.4, -0.2) is 30.4 Å². The molecule has 1 rings (SSSR count). The van der Waals surface area contributed by atoms with Crippen molar-refractivity contribution in [1.29, 1.82) is 0 Å². The van der Waals surface area contributed by atoms with Gasteiger partial charge in [0.15, 0.2) is 8.32 Å². The Labute approximate surface area is 137 Å². The quantitative estimate of drug-likeness (QED) is 0.250. The normalized spacial score (nSPS) is 13.3. The van der Waals surface area contributed by atoms with Crippen molar-refractivity contribution >= 4 is 25.6 Å². The number of carbonyl (C=O) groups excluding carboxylic acids is 2. The van der Waals surface area contributed by atoms with Gasteiger partial charge in [-0.05, 0) is 30.3 Å². The lowest BCUT2D eigenvalue weighted by molar-refractivity contribution is -0.124. The zero-order valence-corrected chi connectivity index (χ0v) is 15.5. The van der Waals surface area contributed by atoms with E-state index in [1.807, 2.05) is 0 Å². The maximum Gasteiger partial charge on any atom is 0.399 e. The molecule has 1 atom stereocenters. The molecule has 0 saturated heterocycles. The summed E-state index contributed by atoms with van der Waals surface area (Å²) in [5, 5.41) is -0.0463. The molecule has 0 radical (unpaired) electrons. The molecule has 1 unspecified atom stereocenters. The topological polar surface area (TPSA) is 92.9 Å². The molecule has 0 saturated carbocycles. The van der Waals surface area contributed by atoms with E-state index in [-0.39, 0.29) is 11.5 Å². The van der Waals surface area contributed by atoms with Gasteiger partial charge in [-0.25, -0.2) is 0 Å². The molecule has 0 fully saturated rings. The summed E-state index contributed by atoms with van der Waals surface area (Å²) in [7, 11) is -2.16. The molecule has 0 aliphatic heterocycles. The van der Waals surface area contributed by atoms with Crippen molar-refractivity contribution in [1.82, 2.24) is 0 Å². The van der Waals surface area contributed by atoms with Crippen LogP contribution in [0.4, 0.5) is 0 Å². The maximum absolute atomic E-state index is 12.2. The lowest BCUT2D eigenvalue weighted by Crippen LogP contribution is -2.42. The van der Waals surface area contributed by atoms with Crippen LogP contribution in [0.1, 0.15) is 46.0 Å². The Morgan fingerprint density at radius 2 is 2.00 bits per heavy atom. The van der Waals surface area contributed by atoms with E-state index in [2.05, 4.69) is 38.7 Å². The van der Waals surface area contributed by atoms with Crippen LogP contribution in [0, 0.1) is 0 Å². The molecule has 126 valence electrons. The van der Waals surface area contributed by atoms with Crippen molar-refractivity contribution in [3.8, 4) is 0 Å². The van der Waals surface area contributed by atoms with Gasteiger partial charge in [0.25, 0.3) is 5.78 Å². The molecule has 1 heterocycles. The minimum absolute atomic E-state index is 0.0463. The van der Waals surface area contributed by atoms with Gasteiger partial charge in [0.2, 0.25) is 5.78 Å². The zero-order chi connectivity index (χ0) is 17.8. The molecule has 1 aromatic heterocycles. The Bertz CT molecular complexity index is 623. The van der Waals surface area contributed by atoms with Crippen molar-refractivity contribution < 1.29 is 23.2 Å². The van der Waals surface area contributed by atoms with Crippen LogP contribution in [0.15, 0.2) is 22.8 Å². The number of hydrogen-bond acceptors (Lipinski definition) is 4. The van der Waals surface area contributed by atoms with Crippen LogP contribution >= 0.6 is 0 Å². The molecule has 0 bridgehead atoms. The monoisotopic (exact) mass is 336 g/mol. The highest BCUT2D eigenvalue weighted by Crippen LogP contribution is 2.40. The molecule has 6 nitrogen and oxygen atoms in total. The Morgan fingerprint density at radius 1 is 1.39 bits per heavy atom. The number of hydrogen-bond donors (Lipinski definition) is 0. The van der Waals surface area contributed by atoms with Crippen molar-refractivity contribution in [2.75, 3.05) is 0 Å². The third-order valence-electron chi connectivity index (χ3n) is 4.17. The first-order valence-corrected chi connectivity index (χ1v) is 10.4. The van der Waals surface area contributed by atoms with Crippen molar-refractivity contribution in [2.45, 2.75) is 58.4 Å². The van der Waals surface area contributed by atoms with Crippen LogP contribution < -0.4 is 0 Å². The van der Waals surface area contributed by atoms with Gasteiger partial charge in [-0.1, -0.05) is 20.8 Å². The summed E-state index contributed by atoms with van der Waals surface area (Å²) in [6.45, 7) is 11.6. The van der Waals surface area contributed by atoms with Gasteiger partial charge in [-0.2, -0.15) is 4.79 Å². The van der Waals surface area contributed by atoms with Gasteiger partial charge in [0, 0.05) is 6.92 Å². The number of nitrogens with zero attached hydrogens (tertiary/aromatic N) is 2. The fourth-order valence-electron chi connectivity index (χ4n) is 1.79. The van der Waals surface area contributed by atoms with Crippen LogP contribution in [0.2, 0.25) is 18.1 Å². The standard InChI is InChI=1S/C16H24N2O4Si/c1-11(19)15(18-17)12(20)10-14(13-8-7-9-21-13)22-23(5,6)16(2,3)4/h7-9,14H,10H2,1-6H3. The van der Waals surface area contributed by atoms with E-state index in [1.165, 1.54) is 13.2 Å². The van der Waals surface area contributed by atoms with Gasteiger partial charge in [-0.3, -0.25) is 9.59 Å². The molecule has 23 heavy (non-hydrogen) atoms. The van der Waals surface area contributed by atoms with Gasteiger partial charge in [0.05, 0.1) is 12.7 Å². The van der Waals surface area contributed by atoms with Crippen LogP contribution in [0.25, 0.3) is 5.53 Å².